The number of ketones is 1. The molecular formula is C14H14N2O4S. The third-order valence-electron chi connectivity index (χ3n) is 2.95. The number of benzene rings is 1. The fourth-order valence-corrected chi connectivity index (χ4v) is 2.88. The van der Waals surface area contributed by atoms with Crippen LogP contribution in [0.3, 0.4) is 0 Å². The molecule has 0 bridgehead atoms. The van der Waals surface area contributed by atoms with Crippen LogP contribution in [0.15, 0.2) is 46.2 Å². The smallest absolute Gasteiger partial charge is 0.261 e. The largest absolute Gasteiger partial charge is 0.327 e. The molecule has 0 aliphatic rings. The number of carbonyl (C=O) groups is 1. The number of H-pyrrole nitrogens is 1. The second-order valence-corrected chi connectivity index (χ2v) is 6.26. The number of aryl methyl sites for hydroxylation is 1. The lowest BCUT2D eigenvalue weighted by atomic mass is 10.2. The van der Waals surface area contributed by atoms with E-state index in [-0.39, 0.29) is 16.2 Å². The van der Waals surface area contributed by atoms with Crippen molar-refractivity contribution in [3.8, 4) is 0 Å². The van der Waals surface area contributed by atoms with Crippen molar-refractivity contribution in [3.05, 3.63) is 58.0 Å². The summed E-state index contributed by atoms with van der Waals surface area (Å²) in [5, 5.41) is 0. The van der Waals surface area contributed by atoms with Crippen LogP contribution in [-0.4, -0.2) is 19.2 Å². The van der Waals surface area contributed by atoms with Gasteiger partial charge in [-0.15, -0.1) is 0 Å². The van der Waals surface area contributed by atoms with E-state index < -0.39 is 10.0 Å². The van der Waals surface area contributed by atoms with E-state index in [0.29, 0.717) is 16.8 Å². The van der Waals surface area contributed by atoms with Crippen molar-refractivity contribution < 1.29 is 13.2 Å². The number of sulfonamides is 1. The number of pyridine rings is 1. The lowest BCUT2D eigenvalue weighted by Gasteiger charge is -2.10. The van der Waals surface area contributed by atoms with E-state index in [1.54, 1.807) is 6.92 Å². The van der Waals surface area contributed by atoms with Gasteiger partial charge in [0.2, 0.25) is 5.56 Å². The molecule has 0 amide bonds. The molecule has 0 saturated carbocycles. The van der Waals surface area contributed by atoms with E-state index in [1.165, 1.54) is 43.5 Å². The van der Waals surface area contributed by atoms with E-state index in [2.05, 4.69) is 9.71 Å². The Labute approximate surface area is 121 Å². The highest BCUT2D eigenvalue weighted by atomic mass is 32.2. The van der Waals surface area contributed by atoms with Gasteiger partial charge in [0.05, 0.1) is 10.6 Å². The number of aromatic nitrogens is 1. The maximum Gasteiger partial charge on any atom is 0.261 e. The Bertz CT molecular complexity index is 836. The van der Waals surface area contributed by atoms with E-state index in [9.17, 15) is 18.0 Å². The number of rotatable bonds is 4. The Balaban J connectivity index is 2.33. The average molecular weight is 306 g/mol. The van der Waals surface area contributed by atoms with E-state index in [0.717, 1.165) is 0 Å². The number of nitrogens with one attached hydrogen (secondary N) is 2. The molecule has 110 valence electrons. The number of hydrogen-bond donors (Lipinski definition) is 2. The van der Waals surface area contributed by atoms with Gasteiger partial charge in [0.1, 0.15) is 0 Å². The average Bonchev–Trinajstić information content (AvgIpc) is 2.42. The molecule has 0 spiro atoms. The summed E-state index contributed by atoms with van der Waals surface area (Å²) in [6.45, 7) is 3.04. The second-order valence-electron chi connectivity index (χ2n) is 4.58. The van der Waals surface area contributed by atoms with Crippen molar-refractivity contribution >= 4 is 21.5 Å². The monoisotopic (exact) mass is 306 g/mol. The maximum atomic E-state index is 12.2. The zero-order valence-corrected chi connectivity index (χ0v) is 12.3. The first kappa shape index (κ1) is 15.0. The van der Waals surface area contributed by atoms with Crippen molar-refractivity contribution in [2.24, 2.45) is 0 Å². The van der Waals surface area contributed by atoms with Crippen LogP contribution in [0.25, 0.3) is 0 Å². The van der Waals surface area contributed by atoms with Gasteiger partial charge in [0.25, 0.3) is 10.0 Å². The first-order valence-corrected chi connectivity index (χ1v) is 7.61. The molecule has 7 heteroatoms. The van der Waals surface area contributed by atoms with Gasteiger partial charge in [0, 0.05) is 17.8 Å². The molecule has 0 fully saturated rings. The molecule has 2 N–H and O–H groups in total. The standard InChI is InChI=1S/C14H14N2O4S/c1-9-7-14(18)15-8-13(9)16-21(19,20)12-5-3-11(4-6-12)10(2)17/h3-8,16H,1-2H3,(H,15,18). The maximum absolute atomic E-state index is 12.2. The molecule has 6 nitrogen and oxygen atoms in total. The summed E-state index contributed by atoms with van der Waals surface area (Å²) in [6.07, 6.45) is 1.30. The van der Waals surface area contributed by atoms with Gasteiger partial charge in [-0.3, -0.25) is 14.3 Å². The van der Waals surface area contributed by atoms with Gasteiger partial charge in [-0.2, -0.15) is 0 Å². The molecule has 1 heterocycles. The number of hydrogen-bond acceptors (Lipinski definition) is 4. The highest BCUT2D eigenvalue weighted by Crippen LogP contribution is 2.18. The molecule has 21 heavy (non-hydrogen) atoms. The highest BCUT2D eigenvalue weighted by molar-refractivity contribution is 7.92. The summed E-state index contributed by atoms with van der Waals surface area (Å²) in [5.41, 5.74) is 0.948. The van der Waals surface area contributed by atoms with E-state index >= 15 is 0 Å². The molecule has 2 rings (SSSR count). The molecule has 0 unspecified atom stereocenters. The van der Waals surface area contributed by atoms with Crippen LogP contribution in [0, 0.1) is 6.92 Å². The first-order valence-electron chi connectivity index (χ1n) is 6.13. The molecule has 1 aromatic carbocycles. The summed E-state index contributed by atoms with van der Waals surface area (Å²) < 4.78 is 26.9. The van der Waals surface area contributed by atoms with Crippen LogP contribution < -0.4 is 10.3 Å². The van der Waals surface area contributed by atoms with Crippen LogP contribution in [0.4, 0.5) is 5.69 Å². The summed E-state index contributed by atoms with van der Waals surface area (Å²) in [4.78, 5) is 24.7. The van der Waals surface area contributed by atoms with Crippen LogP contribution in [0.1, 0.15) is 22.8 Å². The Morgan fingerprint density at radius 1 is 1.19 bits per heavy atom. The molecule has 0 atom stereocenters. The normalized spacial score (nSPS) is 11.1. The number of aromatic amines is 1. The molecule has 2 aromatic rings. The SMILES string of the molecule is CC(=O)c1ccc(S(=O)(=O)Nc2c[nH]c(=O)cc2C)cc1. The van der Waals surface area contributed by atoms with Gasteiger partial charge >= 0.3 is 0 Å². The van der Waals surface area contributed by atoms with Gasteiger partial charge in [-0.05, 0) is 31.5 Å². The van der Waals surface area contributed by atoms with E-state index in [1.807, 2.05) is 0 Å². The van der Waals surface area contributed by atoms with Crippen molar-refractivity contribution in [1.29, 1.82) is 0 Å². The molecule has 0 aliphatic carbocycles. The summed E-state index contributed by atoms with van der Waals surface area (Å²) in [6, 6.07) is 6.93. The van der Waals surface area contributed by atoms with Crippen molar-refractivity contribution in [3.63, 3.8) is 0 Å². The van der Waals surface area contributed by atoms with Crippen molar-refractivity contribution in [2.45, 2.75) is 18.7 Å². The van der Waals surface area contributed by atoms with Crippen molar-refractivity contribution in [1.82, 2.24) is 4.98 Å². The number of carbonyl (C=O) groups excluding carboxylic acids is 1. The molecular weight excluding hydrogens is 292 g/mol. The summed E-state index contributed by atoms with van der Waals surface area (Å²) in [7, 11) is -3.77. The van der Waals surface area contributed by atoms with Crippen LogP contribution >= 0.6 is 0 Å². The minimum atomic E-state index is -3.77. The second kappa shape index (κ2) is 5.53. The molecule has 0 radical (unpaired) electrons. The predicted molar refractivity (Wildman–Crippen MR) is 79.1 cm³/mol. The Morgan fingerprint density at radius 2 is 1.81 bits per heavy atom. The van der Waals surface area contributed by atoms with Gasteiger partial charge < -0.3 is 4.98 Å². The minimum Gasteiger partial charge on any atom is -0.327 e. The lowest BCUT2D eigenvalue weighted by Crippen LogP contribution is -2.16. The topological polar surface area (TPSA) is 96.1 Å². The summed E-state index contributed by atoms with van der Waals surface area (Å²) in [5.74, 6) is -0.136. The molecule has 0 saturated heterocycles. The predicted octanol–water partition coefficient (Wildman–Crippen LogP) is 1.69. The van der Waals surface area contributed by atoms with Crippen LogP contribution in [-0.2, 0) is 10.0 Å². The third-order valence-corrected chi connectivity index (χ3v) is 4.33. The van der Waals surface area contributed by atoms with Gasteiger partial charge in [0.15, 0.2) is 5.78 Å². The Hall–Kier alpha value is -2.41. The zero-order chi connectivity index (χ0) is 15.6. The molecule has 0 aliphatic heterocycles. The zero-order valence-electron chi connectivity index (χ0n) is 11.5. The Morgan fingerprint density at radius 3 is 2.33 bits per heavy atom. The summed E-state index contributed by atoms with van der Waals surface area (Å²) >= 11 is 0. The fourth-order valence-electron chi connectivity index (χ4n) is 1.76. The fraction of sp³-hybridized carbons (Fsp3) is 0.143. The van der Waals surface area contributed by atoms with Crippen LogP contribution in [0.2, 0.25) is 0 Å². The number of anilines is 1. The number of Topliss-reactive ketones (excluding diaryl/α,β-unsaturated/α-hetero) is 1. The first-order chi connectivity index (χ1) is 9.79. The lowest BCUT2D eigenvalue weighted by molar-refractivity contribution is 0.101. The Kier molecular flexibility index (Phi) is 3.95. The molecule has 1 aromatic heterocycles. The van der Waals surface area contributed by atoms with Crippen LogP contribution in [0.5, 0.6) is 0 Å². The van der Waals surface area contributed by atoms with E-state index in [4.69, 9.17) is 0 Å². The highest BCUT2D eigenvalue weighted by Gasteiger charge is 2.15. The quantitative estimate of drug-likeness (QED) is 0.840. The minimum absolute atomic E-state index is 0.0399. The third kappa shape index (κ3) is 3.38. The van der Waals surface area contributed by atoms with Crippen molar-refractivity contribution in [2.75, 3.05) is 4.72 Å². The van der Waals surface area contributed by atoms with Gasteiger partial charge in [-0.25, -0.2) is 8.42 Å². The van der Waals surface area contributed by atoms with Gasteiger partial charge in [-0.1, -0.05) is 12.1 Å².